The van der Waals surface area contributed by atoms with E-state index in [2.05, 4.69) is 32.1 Å². The van der Waals surface area contributed by atoms with Gasteiger partial charge in [0.25, 0.3) is 0 Å². The van der Waals surface area contributed by atoms with Gasteiger partial charge in [0.2, 0.25) is 0 Å². The van der Waals surface area contributed by atoms with Crippen molar-refractivity contribution < 1.29 is 4.39 Å². The van der Waals surface area contributed by atoms with E-state index in [9.17, 15) is 4.39 Å². The zero-order chi connectivity index (χ0) is 16.5. The number of halogens is 1. The first-order valence-corrected chi connectivity index (χ1v) is 8.10. The Labute approximate surface area is 139 Å². The topological polar surface area (TPSA) is 62.6 Å². The van der Waals surface area contributed by atoms with Crippen molar-refractivity contribution >= 4 is 0 Å². The number of hydrogen-bond acceptors (Lipinski definition) is 4. The van der Waals surface area contributed by atoms with Crippen molar-refractivity contribution in [1.29, 1.82) is 0 Å². The lowest BCUT2D eigenvalue weighted by molar-refractivity contribution is 0.214. The fourth-order valence-electron chi connectivity index (χ4n) is 3.29. The molecule has 0 bridgehead atoms. The third kappa shape index (κ3) is 2.71. The van der Waals surface area contributed by atoms with Crippen LogP contribution in [0.4, 0.5) is 4.39 Å². The van der Waals surface area contributed by atoms with Gasteiger partial charge in [-0.2, -0.15) is 10.2 Å². The maximum absolute atomic E-state index is 14.1. The van der Waals surface area contributed by atoms with Crippen molar-refractivity contribution in [2.24, 2.45) is 0 Å². The van der Waals surface area contributed by atoms with Gasteiger partial charge < -0.3 is 0 Å². The molecule has 0 spiro atoms. The van der Waals surface area contributed by atoms with Crippen molar-refractivity contribution in [2.75, 3.05) is 13.1 Å². The molecule has 6 nitrogen and oxygen atoms in total. The lowest BCUT2D eigenvalue weighted by Gasteiger charge is -2.29. The summed E-state index contributed by atoms with van der Waals surface area (Å²) in [6, 6.07) is 7.03. The Kier molecular flexibility index (Phi) is 3.86. The summed E-state index contributed by atoms with van der Waals surface area (Å²) in [6.07, 6.45) is 4.18. The van der Waals surface area contributed by atoms with E-state index in [0.717, 1.165) is 43.0 Å². The lowest BCUT2D eigenvalue weighted by atomic mass is 10.0. The molecule has 24 heavy (non-hydrogen) atoms. The summed E-state index contributed by atoms with van der Waals surface area (Å²) in [4.78, 5) is 6.36. The Balaban J connectivity index is 1.56. The first kappa shape index (κ1) is 15.0. The molecule has 3 heterocycles. The second-order valence-electron chi connectivity index (χ2n) is 6.22. The van der Waals surface area contributed by atoms with Crippen LogP contribution >= 0.6 is 0 Å². The summed E-state index contributed by atoms with van der Waals surface area (Å²) in [5.74, 6) is -0.236. The molecule has 0 saturated heterocycles. The lowest BCUT2D eigenvalue weighted by Crippen LogP contribution is -2.34. The summed E-state index contributed by atoms with van der Waals surface area (Å²) >= 11 is 0. The van der Waals surface area contributed by atoms with Crippen LogP contribution in [0.2, 0.25) is 0 Å². The largest absolute Gasteiger partial charge is 0.296 e. The van der Waals surface area contributed by atoms with E-state index in [1.165, 1.54) is 6.07 Å². The summed E-state index contributed by atoms with van der Waals surface area (Å²) < 4.78 is 16.0. The molecule has 1 aliphatic rings. The van der Waals surface area contributed by atoms with Gasteiger partial charge in [0.1, 0.15) is 18.5 Å². The van der Waals surface area contributed by atoms with Crippen LogP contribution < -0.4 is 0 Å². The molecule has 4 rings (SSSR count). The molecule has 3 aromatic rings. The molecule has 7 heteroatoms. The van der Waals surface area contributed by atoms with E-state index in [4.69, 9.17) is 0 Å². The van der Waals surface area contributed by atoms with Crippen LogP contribution in [-0.4, -0.2) is 43.0 Å². The maximum Gasteiger partial charge on any atom is 0.137 e. The Morgan fingerprint density at radius 2 is 2.21 bits per heavy atom. The predicted molar refractivity (Wildman–Crippen MR) is 87.7 cm³/mol. The molecule has 2 aromatic heterocycles. The minimum Gasteiger partial charge on any atom is -0.296 e. The van der Waals surface area contributed by atoms with Crippen LogP contribution in [-0.2, 0) is 13.0 Å². The third-order valence-electron chi connectivity index (χ3n) is 4.55. The third-order valence-corrected chi connectivity index (χ3v) is 4.55. The van der Waals surface area contributed by atoms with Gasteiger partial charge in [-0.25, -0.2) is 14.1 Å². The summed E-state index contributed by atoms with van der Waals surface area (Å²) in [5, 5.41) is 11.7. The second kappa shape index (κ2) is 6.16. The van der Waals surface area contributed by atoms with E-state index < -0.39 is 0 Å². The zero-order valence-electron chi connectivity index (χ0n) is 13.5. The first-order chi connectivity index (χ1) is 11.7. The van der Waals surface area contributed by atoms with Crippen molar-refractivity contribution in [3.8, 4) is 11.3 Å². The molecule has 0 radical (unpaired) electrons. The van der Waals surface area contributed by atoms with Gasteiger partial charge in [-0.3, -0.25) is 10.00 Å². The molecule has 0 amide bonds. The molecule has 1 unspecified atom stereocenters. The maximum atomic E-state index is 14.1. The van der Waals surface area contributed by atoms with Crippen LogP contribution in [0.5, 0.6) is 0 Å². The highest BCUT2D eigenvalue weighted by atomic mass is 19.1. The van der Waals surface area contributed by atoms with Crippen molar-refractivity contribution in [2.45, 2.75) is 25.9 Å². The van der Waals surface area contributed by atoms with Gasteiger partial charge in [-0.15, -0.1) is 0 Å². The molecule has 124 valence electrons. The van der Waals surface area contributed by atoms with Gasteiger partial charge in [-0.05, 0) is 19.1 Å². The summed E-state index contributed by atoms with van der Waals surface area (Å²) in [6.45, 7) is 4.70. The van der Waals surface area contributed by atoms with Crippen molar-refractivity contribution in [3.05, 3.63) is 54.0 Å². The van der Waals surface area contributed by atoms with E-state index in [-0.39, 0.29) is 11.9 Å². The average Bonchev–Trinajstić information content (AvgIpc) is 3.25. The predicted octanol–water partition coefficient (Wildman–Crippen LogP) is 2.43. The quantitative estimate of drug-likeness (QED) is 0.800. The molecule has 1 N–H and O–H groups in total. The number of aromatic amines is 1. The Bertz CT molecular complexity index is 825. The van der Waals surface area contributed by atoms with Crippen LogP contribution in [0.15, 0.2) is 36.9 Å². The molecule has 1 atom stereocenters. The molecule has 1 aliphatic heterocycles. The Morgan fingerprint density at radius 3 is 3.00 bits per heavy atom. The van der Waals surface area contributed by atoms with Gasteiger partial charge in [0, 0.05) is 42.9 Å². The minimum absolute atomic E-state index is 0.234. The van der Waals surface area contributed by atoms with Crippen LogP contribution in [0.25, 0.3) is 11.3 Å². The highest BCUT2D eigenvalue weighted by Crippen LogP contribution is 2.30. The SMILES string of the molecule is CC(CN1CCc2[nH]nc(-c3ccccc3F)c2C1)n1cncn1. The number of nitrogens with one attached hydrogen (secondary N) is 1. The van der Waals surface area contributed by atoms with Crippen molar-refractivity contribution in [3.63, 3.8) is 0 Å². The second-order valence-corrected chi connectivity index (χ2v) is 6.22. The van der Waals surface area contributed by atoms with Gasteiger partial charge in [-0.1, -0.05) is 12.1 Å². The fourth-order valence-corrected chi connectivity index (χ4v) is 3.29. The van der Waals surface area contributed by atoms with Crippen LogP contribution in [0.3, 0.4) is 0 Å². The van der Waals surface area contributed by atoms with E-state index in [0.29, 0.717) is 5.56 Å². The van der Waals surface area contributed by atoms with Gasteiger partial charge in [0.05, 0.1) is 11.7 Å². The number of benzene rings is 1. The van der Waals surface area contributed by atoms with Gasteiger partial charge >= 0.3 is 0 Å². The number of nitrogens with zero attached hydrogens (tertiary/aromatic N) is 5. The van der Waals surface area contributed by atoms with E-state index in [1.54, 1.807) is 24.8 Å². The summed E-state index contributed by atoms with van der Waals surface area (Å²) in [5.41, 5.74) is 3.48. The number of H-pyrrole nitrogens is 1. The smallest absolute Gasteiger partial charge is 0.137 e. The van der Waals surface area contributed by atoms with Gasteiger partial charge in [0.15, 0.2) is 0 Å². The molecule has 0 saturated carbocycles. The summed E-state index contributed by atoms with van der Waals surface area (Å²) in [7, 11) is 0. The molecule has 1 aromatic carbocycles. The number of rotatable bonds is 4. The Hall–Kier alpha value is -2.54. The molecular weight excluding hydrogens is 307 g/mol. The fraction of sp³-hybridized carbons (Fsp3) is 0.353. The zero-order valence-corrected chi connectivity index (χ0v) is 13.5. The molecular formula is C17H19FN6. The van der Waals surface area contributed by atoms with E-state index >= 15 is 0 Å². The minimum atomic E-state index is -0.236. The number of aromatic nitrogens is 5. The first-order valence-electron chi connectivity index (χ1n) is 8.10. The Morgan fingerprint density at radius 1 is 1.33 bits per heavy atom. The number of hydrogen-bond donors (Lipinski definition) is 1. The van der Waals surface area contributed by atoms with Crippen LogP contribution in [0.1, 0.15) is 24.2 Å². The number of fused-ring (bicyclic) bond motifs is 1. The van der Waals surface area contributed by atoms with Crippen molar-refractivity contribution in [1.82, 2.24) is 29.9 Å². The normalized spacial score (nSPS) is 16.1. The molecule has 0 fully saturated rings. The molecule has 0 aliphatic carbocycles. The van der Waals surface area contributed by atoms with Crippen LogP contribution in [0, 0.1) is 5.82 Å². The standard InChI is InChI=1S/C17H19FN6/c1-12(24-11-19-10-20-24)8-23-7-6-16-14(9-23)17(22-21-16)13-4-2-3-5-15(13)18/h2-5,10-12H,6-9H2,1H3,(H,21,22). The monoisotopic (exact) mass is 326 g/mol. The highest BCUT2D eigenvalue weighted by molar-refractivity contribution is 5.64. The highest BCUT2D eigenvalue weighted by Gasteiger charge is 2.25. The van der Waals surface area contributed by atoms with E-state index in [1.807, 2.05) is 10.7 Å². The average molecular weight is 326 g/mol.